The largest absolute Gasteiger partial charge is 0.394 e. The summed E-state index contributed by atoms with van der Waals surface area (Å²) in [4.78, 5) is 19.9. The molecule has 1 amide bonds. The third kappa shape index (κ3) is 6.14. The number of primary amides is 1. The number of nitrogens with one attached hydrogen (secondary N) is 1. The van der Waals surface area contributed by atoms with Crippen LogP contribution in [-0.2, 0) is 5.75 Å². The van der Waals surface area contributed by atoms with E-state index in [4.69, 9.17) is 5.73 Å². The van der Waals surface area contributed by atoms with Crippen molar-refractivity contribution in [3.8, 4) is 0 Å². The van der Waals surface area contributed by atoms with Gasteiger partial charge in [-0.1, -0.05) is 37.7 Å². The van der Waals surface area contributed by atoms with Crippen LogP contribution in [0.5, 0.6) is 0 Å². The number of thioether (sulfide) groups is 1. The Morgan fingerprint density at radius 1 is 1.33 bits per heavy atom. The maximum atomic E-state index is 13.8. The minimum atomic E-state index is -0.929. The second kappa shape index (κ2) is 9.61. The molecule has 2 rings (SSSR count). The molecule has 0 saturated heterocycles. The van der Waals surface area contributed by atoms with Crippen molar-refractivity contribution in [2.24, 2.45) is 11.7 Å². The van der Waals surface area contributed by atoms with E-state index in [9.17, 15) is 18.7 Å². The summed E-state index contributed by atoms with van der Waals surface area (Å²) >= 11 is 1.05. The van der Waals surface area contributed by atoms with Crippen LogP contribution in [0.3, 0.4) is 0 Å². The Morgan fingerprint density at radius 2 is 2.07 bits per heavy atom. The highest BCUT2D eigenvalue weighted by Crippen LogP contribution is 2.24. The molecule has 0 fully saturated rings. The topological polar surface area (TPSA) is 101 Å². The van der Waals surface area contributed by atoms with Crippen LogP contribution in [-0.4, -0.2) is 33.6 Å². The van der Waals surface area contributed by atoms with Crippen LogP contribution in [0.2, 0.25) is 0 Å². The highest BCUT2D eigenvalue weighted by Gasteiger charge is 2.15. The van der Waals surface area contributed by atoms with Crippen molar-refractivity contribution >= 4 is 23.5 Å². The van der Waals surface area contributed by atoms with Gasteiger partial charge in [0, 0.05) is 17.4 Å². The molecule has 27 heavy (non-hydrogen) atoms. The van der Waals surface area contributed by atoms with Crippen LogP contribution >= 0.6 is 11.8 Å². The third-order valence-corrected chi connectivity index (χ3v) is 4.57. The fourth-order valence-corrected chi connectivity index (χ4v) is 3.28. The van der Waals surface area contributed by atoms with E-state index in [1.807, 2.05) is 13.8 Å². The van der Waals surface area contributed by atoms with Gasteiger partial charge in [0.15, 0.2) is 16.8 Å². The molecule has 4 N–H and O–H groups in total. The van der Waals surface area contributed by atoms with Gasteiger partial charge in [-0.3, -0.25) is 4.79 Å². The van der Waals surface area contributed by atoms with Gasteiger partial charge in [0.05, 0.1) is 12.6 Å². The second-order valence-corrected chi connectivity index (χ2v) is 7.38. The highest BCUT2D eigenvalue weighted by molar-refractivity contribution is 7.98. The molecular formula is C18H22F2N4O2S. The van der Waals surface area contributed by atoms with Gasteiger partial charge >= 0.3 is 0 Å². The van der Waals surface area contributed by atoms with Crippen molar-refractivity contribution in [2.75, 3.05) is 11.9 Å². The fourth-order valence-electron chi connectivity index (χ4n) is 2.45. The zero-order valence-corrected chi connectivity index (χ0v) is 15.9. The van der Waals surface area contributed by atoms with Crippen molar-refractivity contribution in [2.45, 2.75) is 37.2 Å². The molecule has 0 spiro atoms. The summed E-state index contributed by atoms with van der Waals surface area (Å²) < 4.78 is 27.1. The second-order valence-electron chi connectivity index (χ2n) is 6.44. The Kier molecular flexibility index (Phi) is 7.49. The van der Waals surface area contributed by atoms with E-state index in [1.54, 1.807) is 0 Å². The Morgan fingerprint density at radius 3 is 2.70 bits per heavy atom. The van der Waals surface area contributed by atoms with Crippen LogP contribution in [0.4, 0.5) is 14.6 Å². The Labute approximate surface area is 160 Å². The van der Waals surface area contributed by atoms with Crippen molar-refractivity contribution in [1.82, 2.24) is 9.97 Å². The molecule has 1 heterocycles. The molecule has 1 aromatic heterocycles. The van der Waals surface area contributed by atoms with Crippen molar-refractivity contribution in [3.63, 3.8) is 0 Å². The first-order valence-electron chi connectivity index (χ1n) is 8.42. The normalized spacial score (nSPS) is 12.2. The number of amides is 1. The van der Waals surface area contributed by atoms with Crippen LogP contribution in [0.25, 0.3) is 0 Å². The van der Waals surface area contributed by atoms with Crippen LogP contribution < -0.4 is 11.1 Å². The Bertz CT molecular complexity index is 805. The fraction of sp³-hybridized carbons (Fsp3) is 0.389. The molecule has 2 aromatic rings. The van der Waals surface area contributed by atoms with E-state index < -0.39 is 17.5 Å². The Balaban J connectivity index is 2.21. The SMILES string of the molecule is CC(C)C[C@H](CO)Nc1cc(C(N)=O)nc(SCc2cccc(F)c2F)n1. The van der Waals surface area contributed by atoms with Crippen molar-refractivity contribution < 1.29 is 18.7 Å². The monoisotopic (exact) mass is 396 g/mol. The van der Waals surface area contributed by atoms with E-state index in [-0.39, 0.29) is 34.8 Å². The van der Waals surface area contributed by atoms with Gasteiger partial charge in [0.2, 0.25) is 0 Å². The molecule has 146 valence electrons. The molecule has 0 bridgehead atoms. The molecule has 1 atom stereocenters. The molecule has 0 aliphatic rings. The van der Waals surface area contributed by atoms with Crippen molar-refractivity contribution in [3.05, 3.63) is 47.2 Å². The maximum Gasteiger partial charge on any atom is 0.267 e. The number of carbonyl (C=O) groups excluding carboxylic acids is 1. The number of benzene rings is 1. The standard InChI is InChI=1S/C18H22F2N4O2S/c1-10(2)6-12(8-25)22-15-7-14(17(21)26)23-18(24-15)27-9-11-4-3-5-13(19)16(11)20/h3-5,7,10,12,25H,6,8-9H2,1-2H3,(H2,21,26)(H,22,23,24)/t12-/m1/s1. The number of halogens is 2. The van der Waals surface area contributed by atoms with Gasteiger partial charge in [0.25, 0.3) is 5.91 Å². The van der Waals surface area contributed by atoms with Gasteiger partial charge in [-0.25, -0.2) is 18.7 Å². The number of aliphatic hydroxyl groups excluding tert-OH is 1. The minimum absolute atomic E-state index is 0.00375. The summed E-state index contributed by atoms with van der Waals surface area (Å²) in [5.74, 6) is -1.82. The number of hydrogen-bond donors (Lipinski definition) is 3. The van der Waals surface area contributed by atoms with Gasteiger partial charge in [-0.2, -0.15) is 0 Å². The molecule has 1 aromatic carbocycles. The first-order chi connectivity index (χ1) is 12.8. The van der Waals surface area contributed by atoms with E-state index in [0.717, 1.165) is 17.8 Å². The number of nitrogens with two attached hydrogens (primary N) is 1. The summed E-state index contributed by atoms with van der Waals surface area (Å²) in [6.45, 7) is 3.94. The Hall–Kier alpha value is -2.26. The summed E-state index contributed by atoms with van der Waals surface area (Å²) in [5.41, 5.74) is 5.48. The first kappa shape index (κ1) is 21.0. The molecular weight excluding hydrogens is 374 g/mol. The van der Waals surface area contributed by atoms with Gasteiger partial charge in [-0.05, 0) is 18.4 Å². The minimum Gasteiger partial charge on any atom is -0.394 e. The molecule has 9 heteroatoms. The van der Waals surface area contributed by atoms with E-state index in [2.05, 4.69) is 15.3 Å². The summed E-state index contributed by atoms with van der Waals surface area (Å²) in [5, 5.41) is 12.8. The number of anilines is 1. The molecule has 0 aliphatic heterocycles. The molecule has 0 unspecified atom stereocenters. The third-order valence-electron chi connectivity index (χ3n) is 3.67. The smallest absolute Gasteiger partial charge is 0.267 e. The lowest BCUT2D eigenvalue weighted by atomic mass is 10.0. The first-order valence-corrected chi connectivity index (χ1v) is 9.40. The van der Waals surface area contributed by atoms with Crippen molar-refractivity contribution in [1.29, 1.82) is 0 Å². The summed E-state index contributed by atoms with van der Waals surface area (Å²) in [6.07, 6.45) is 0.698. The molecule has 0 radical (unpaired) electrons. The zero-order chi connectivity index (χ0) is 20.0. The average molecular weight is 396 g/mol. The number of rotatable bonds is 9. The van der Waals surface area contributed by atoms with Gasteiger partial charge in [-0.15, -0.1) is 0 Å². The number of carbonyl (C=O) groups is 1. The van der Waals surface area contributed by atoms with Crippen LogP contribution in [0, 0.1) is 17.6 Å². The van der Waals surface area contributed by atoms with E-state index >= 15 is 0 Å². The molecule has 0 aliphatic carbocycles. The summed E-state index contributed by atoms with van der Waals surface area (Å²) in [6, 6.07) is 5.07. The van der Waals surface area contributed by atoms with Gasteiger partial charge < -0.3 is 16.2 Å². The average Bonchev–Trinajstić information content (AvgIpc) is 2.61. The lowest BCUT2D eigenvalue weighted by Gasteiger charge is -2.19. The van der Waals surface area contributed by atoms with E-state index in [1.165, 1.54) is 18.2 Å². The lowest BCUT2D eigenvalue weighted by Crippen LogP contribution is -2.26. The van der Waals surface area contributed by atoms with Crippen LogP contribution in [0.15, 0.2) is 29.4 Å². The predicted molar refractivity (Wildman–Crippen MR) is 100 cm³/mol. The predicted octanol–water partition coefficient (Wildman–Crippen LogP) is 2.96. The number of aliphatic hydroxyl groups is 1. The quantitative estimate of drug-likeness (QED) is 0.445. The molecule has 6 nitrogen and oxygen atoms in total. The number of nitrogens with zero attached hydrogens (tertiary/aromatic N) is 2. The maximum absolute atomic E-state index is 13.8. The van der Waals surface area contributed by atoms with E-state index in [0.29, 0.717) is 18.2 Å². The highest BCUT2D eigenvalue weighted by atomic mass is 32.2. The van der Waals surface area contributed by atoms with Crippen LogP contribution in [0.1, 0.15) is 36.3 Å². The number of aromatic nitrogens is 2. The molecule has 0 saturated carbocycles. The zero-order valence-electron chi connectivity index (χ0n) is 15.1. The summed E-state index contributed by atoms with van der Waals surface area (Å²) in [7, 11) is 0. The lowest BCUT2D eigenvalue weighted by molar-refractivity contribution is 0.0994. The van der Waals surface area contributed by atoms with Gasteiger partial charge in [0.1, 0.15) is 11.5 Å². The number of hydrogen-bond acceptors (Lipinski definition) is 6.